The van der Waals surface area contributed by atoms with Gasteiger partial charge in [-0.05, 0) is 43.9 Å². The van der Waals surface area contributed by atoms with Crippen LogP contribution in [0.3, 0.4) is 0 Å². The van der Waals surface area contributed by atoms with Crippen LogP contribution in [-0.2, 0) is 17.7 Å². The van der Waals surface area contributed by atoms with Crippen molar-refractivity contribution in [2.45, 2.75) is 44.9 Å². The van der Waals surface area contributed by atoms with Crippen molar-refractivity contribution in [2.75, 3.05) is 19.7 Å². The maximum absolute atomic E-state index is 5.47. The molecule has 2 atom stereocenters. The van der Waals surface area contributed by atoms with Gasteiger partial charge in [0, 0.05) is 36.2 Å². The number of benzene rings is 1. The highest BCUT2D eigenvalue weighted by atomic mass is 16.6. The number of hydrogen-bond donors (Lipinski definition) is 0. The van der Waals surface area contributed by atoms with Gasteiger partial charge in [-0.15, -0.1) is 0 Å². The van der Waals surface area contributed by atoms with Crippen LogP contribution < -0.4 is 0 Å². The average molecular weight is 282 g/mol. The van der Waals surface area contributed by atoms with E-state index in [-0.39, 0.29) is 0 Å². The van der Waals surface area contributed by atoms with E-state index in [0.29, 0.717) is 12.1 Å². The molecule has 3 nitrogen and oxygen atoms in total. The predicted molar refractivity (Wildman–Crippen MR) is 83.7 cm³/mol. The normalized spacial score (nSPS) is 27.9. The Hall–Kier alpha value is -1.32. The largest absolute Gasteiger partial charge is 0.372 e. The Labute approximate surface area is 125 Å². The molecule has 21 heavy (non-hydrogen) atoms. The van der Waals surface area contributed by atoms with Gasteiger partial charge >= 0.3 is 0 Å². The van der Waals surface area contributed by atoms with E-state index in [1.54, 1.807) is 11.3 Å². The van der Waals surface area contributed by atoms with Crippen LogP contribution in [-0.4, -0.2) is 35.3 Å². The van der Waals surface area contributed by atoms with Gasteiger partial charge in [0.2, 0.25) is 0 Å². The molecule has 1 fully saturated rings. The minimum Gasteiger partial charge on any atom is -0.372 e. The fourth-order valence-corrected chi connectivity index (χ4v) is 4.44. The highest BCUT2D eigenvalue weighted by Gasteiger charge is 2.37. The molecule has 1 saturated heterocycles. The molecule has 1 aromatic carbocycles. The zero-order valence-electron chi connectivity index (χ0n) is 12.6. The predicted octanol–water partition coefficient (Wildman–Crippen LogP) is 3.04. The van der Waals surface area contributed by atoms with Gasteiger partial charge in [-0.3, -0.25) is 4.90 Å². The minimum absolute atomic E-state index is 0.508. The Kier molecular flexibility index (Phi) is 2.53. The molecule has 0 radical (unpaired) electrons. The van der Waals surface area contributed by atoms with Crippen molar-refractivity contribution >= 4 is 10.9 Å². The van der Waals surface area contributed by atoms with Crippen LogP contribution >= 0.6 is 0 Å². The second-order valence-corrected chi connectivity index (χ2v) is 6.89. The first kappa shape index (κ1) is 12.2. The summed E-state index contributed by atoms with van der Waals surface area (Å²) >= 11 is 0. The second kappa shape index (κ2) is 4.34. The van der Waals surface area contributed by atoms with Crippen molar-refractivity contribution in [3.63, 3.8) is 0 Å². The number of ether oxygens (including phenoxy) is 1. The second-order valence-electron chi connectivity index (χ2n) is 6.89. The zero-order chi connectivity index (χ0) is 14.0. The lowest BCUT2D eigenvalue weighted by Gasteiger charge is -2.39. The van der Waals surface area contributed by atoms with E-state index in [0.717, 1.165) is 19.7 Å². The lowest BCUT2D eigenvalue weighted by atomic mass is 9.89. The monoisotopic (exact) mass is 282 g/mol. The third kappa shape index (κ3) is 1.80. The Balaban J connectivity index is 1.67. The summed E-state index contributed by atoms with van der Waals surface area (Å²) in [6.45, 7) is 6.62. The number of aromatic nitrogens is 1. The molecule has 1 aromatic heterocycles. The molecule has 2 aliphatic heterocycles. The van der Waals surface area contributed by atoms with Crippen molar-refractivity contribution in [3.05, 3.63) is 35.0 Å². The maximum Gasteiger partial charge on any atom is 0.0936 e. The van der Waals surface area contributed by atoms with Gasteiger partial charge in [-0.25, -0.2) is 0 Å². The number of hydrogen-bond acceptors (Lipinski definition) is 2. The van der Waals surface area contributed by atoms with Crippen molar-refractivity contribution in [1.82, 2.24) is 9.47 Å². The van der Waals surface area contributed by atoms with Crippen molar-refractivity contribution in [3.8, 4) is 0 Å². The van der Waals surface area contributed by atoms with E-state index in [1.165, 1.54) is 42.3 Å². The van der Waals surface area contributed by atoms with Crippen LogP contribution in [0.25, 0.3) is 10.9 Å². The molecular weight excluding hydrogens is 260 g/mol. The molecule has 0 saturated carbocycles. The smallest absolute Gasteiger partial charge is 0.0936 e. The van der Waals surface area contributed by atoms with Crippen LogP contribution in [0.4, 0.5) is 0 Å². The molecular formula is C18H22N2O. The number of epoxide rings is 1. The molecule has 0 bridgehead atoms. The van der Waals surface area contributed by atoms with Gasteiger partial charge in [0.05, 0.1) is 18.8 Å². The summed E-state index contributed by atoms with van der Waals surface area (Å²) in [5, 5.41) is 1.51. The van der Waals surface area contributed by atoms with Crippen LogP contribution in [0, 0.1) is 6.92 Å². The van der Waals surface area contributed by atoms with E-state index in [2.05, 4.69) is 34.6 Å². The molecule has 3 aliphatic rings. The fourth-order valence-electron chi connectivity index (χ4n) is 4.44. The zero-order valence-corrected chi connectivity index (χ0v) is 12.6. The molecule has 110 valence electrons. The van der Waals surface area contributed by atoms with Crippen molar-refractivity contribution in [2.24, 2.45) is 0 Å². The third-order valence-electron chi connectivity index (χ3n) is 5.48. The first-order valence-electron chi connectivity index (χ1n) is 8.28. The Morgan fingerprint density at radius 3 is 3.05 bits per heavy atom. The van der Waals surface area contributed by atoms with E-state index in [1.807, 2.05) is 0 Å². The van der Waals surface area contributed by atoms with Gasteiger partial charge in [-0.1, -0.05) is 11.6 Å². The Bertz CT molecular complexity index is 714. The number of aryl methyl sites for hydroxylation is 2. The van der Waals surface area contributed by atoms with Gasteiger partial charge in [-0.2, -0.15) is 0 Å². The Morgan fingerprint density at radius 1 is 1.29 bits per heavy atom. The van der Waals surface area contributed by atoms with E-state index >= 15 is 0 Å². The molecule has 3 heterocycles. The Morgan fingerprint density at radius 2 is 2.19 bits per heavy atom. The molecule has 0 N–H and O–H groups in total. The summed E-state index contributed by atoms with van der Waals surface area (Å²) in [7, 11) is 0. The minimum atomic E-state index is 0.508. The van der Waals surface area contributed by atoms with Crippen molar-refractivity contribution in [1.29, 1.82) is 0 Å². The highest BCUT2D eigenvalue weighted by molar-refractivity contribution is 5.87. The van der Waals surface area contributed by atoms with Crippen molar-refractivity contribution < 1.29 is 4.74 Å². The summed E-state index contributed by atoms with van der Waals surface area (Å²) in [4.78, 5) is 2.68. The van der Waals surface area contributed by atoms with Gasteiger partial charge in [0.1, 0.15) is 0 Å². The molecule has 0 spiro atoms. The van der Waals surface area contributed by atoms with Gasteiger partial charge < -0.3 is 9.30 Å². The summed E-state index contributed by atoms with van der Waals surface area (Å²) in [6.07, 6.45) is 4.41. The maximum atomic E-state index is 5.47. The topological polar surface area (TPSA) is 20.7 Å². The van der Waals surface area contributed by atoms with E-state index in [9.17, 15) is 0 Å². The number of rotatable bonds is 2. The van der Waals surface area contributed by atoms with E-state index < -0.39 is 0 Å². The highest BCUT2D eigenvalue weighted by Crippen LogP contribution is 2.43. The third-order valence-corrected chi connectivity index (χ3v) is 5.48. The lowest BCUT2D eigenvalue weighted by molar-refractivity contribution is 0.130. The number of fused-ring (bicyclic) bond motifs is 3. The average Bonchev–Trinajstić information content (AvgIpc) is 3.26. The van der Waals surface area contributed by atoms with Crippen LogP contribution in [0.15, 0.2) is 18.2 Å². The van der Waals surface area contributed by atoms with Crippen LogP contribution in [0.1, 0.15) is 35.7 Å². The lowest BCUT2D eigenvalue weighted by Crippen LogP contribution is -2.41. The first-order chi connectivity index (χ1) is 10.3. The molecule has 0 amide bonds. The standard InChI is InChI=1S/C18H22N2O/c1-12-5-6-16-15(9-12)14-3-2-4-17-18(14)20(16)8-7-19(17)10-13-11-21-13/h5-6,9,13,17H,2-4,7-8,10-11H2,1H3/t13-,17+/m0/s1. The van der Waals surface area contributed by atoms with Crippen LogP contribution in [0.2, 0.25) is 0 Å². The SMILES string of the molecule is Cc1ccc2c(c1)c1c3n2CCN(C[C@H]2CO2)[C@@H]3CCC1. The summed E-state index contributed by atoms with van der Waals surface area (Å²) in [5.41, 5.74) is 6.09. The van der Waals surface area contributed by atoms with Gasteiger partial charge in [0.25, 0.3) is 0 Å². The molecule has 3 heteroatoms. The molecule has 2 aromatic rings. The summed E-state index contributed by atoms with van der Waals surface area (Å²) < 4.78 is 8.08. The summed E-state index contributed by atoms with van der Waals surface area (Å²) in [6, 6.07) is 7.61. The number of nitrogens with zero attached hydrogens (tertiary/aromatic N) is 2. The molecule has 0 unspecified atom stereocenters. The van der Waals surface area contributed by atoms with Crippen LogP contribution in [0.5, 0.6) is 0 Å². The first-order valence-corrected chi connectivity index (χ1v) is 8.28. The molecule has 5 rings (SSSR count). The quantitative estimate of drug-likeness (QED) is 0.789. The van der Waals surface area contributed by atoms with Gasteiger partial charge in [0.15, 0.2) is 0 Å². The van der Waals surface area contributed by atoms with E-state index in [4.69, 9.17) is 4.74 Å². The fraction of sp³-hybridized carbons (Fsp3) is 0.556. The summed E-state index contributed by atoms with van der Waals surface area (Å²) in [5.74, 6) is 0. The molecule has 1 aliphatic carbocycles.